The minimum absolute atomic E-state index is 0.00885. The van der Waals surface area contributed by atoms with E-state index in [9.17, 15) is 9.59 Å². The van der Waals surface area contributed by atoms with Gasteiger partial charge >= 0.3 is 0 Å². The Morgan fingerprint density at radius 1 is 1.23 bits per heavy atom. The summed E-state index contributed by atoms with van der Waals surface area (Å²) in [4.78, 5) is 24.4. The Bertz CT molecular complexity index is 862. The van der Waals surface area contributed by atoms with E-state index in [2.05, 4.69) is 35.8 Å². The maximum absolute atomic E-state index is 12.9. The van der Waals surface area contributed by atoms with Crippen LogP contribution in [0.25, 0.3) is 0 Å². The van der Waals surface area contributed by atoms with Gasteiger partial charge < -0.3 is 15.4 Å². The summed E-state index contributed by atoms with van der Waals surface area (Å²) in [6.07, 6.45) is 3.26. The Labute approximate surface area is 152 Å². The van der Waals surface area contributed by atoms with Crippen LogP contribution in [0.1, 0.15) is 47.3 Å². The Balaban J connectivity index is 1.60. The molecule has 0 radical (unpaired) electrons. The van der Waals surface area contributed by atoms with Crippen LogP contribution in [-0.2, 0) is 11.2 Å². The van der Waals surface area contributed by atoms with Gasteiger partial charge in [0.15, 0.2) is 6.61 Å². The molecule has 2 atom stereocenters. The maximum Gasteiger partial charge on any atom is 0.262 e. The lowest BCUT2D eigenvalue weighted by atomic mass is 9.92. The lowest BCUT2D eigenvalue weighted by Crippen LogP contribution is -2.33. The van der Waals surface area contributed by atoms with Crippen LogP contribution in [0, 0.1) is 5.92 Å². The molecule has 2 N–H and O–H groups in total. The monoisotopic (exact) mass is 350 g/mol. The first-order valence-electron chi connectivity index (χ1n) is 9.07. The van der Waals surface area contributed by atoms with Crippen molar-refractivity contribution >= 4 is 17.5 Å². The van der Waals surface area contributed by atoms with E-state index in [4.69, 9.17) is 4.74 Å². The van der Waals surface area contributed by atoms with Gasteiger partial charge in [-0.25, -0.2) is 0 Å². The van der Waals surface area contributed by atoms with Crippen molar-refractivity contribution in [2.75, 3.05) is 11.9 Å². The number of benzene rings is 2. The van der Waals surface area contributed by atoms with Gasteiger partial charge in [0.05, 0.1) is 11.7 Å². The molecule has 0 aromatic heterocycles. The molecule has 2 amide bonds. The predicted molar refractivity (Wildman–Crippen MR) is 99.3 cm³/mol. The standard InChI is InChI=1S/C21H22N2O3/c1-13-5-4-7-14-6-2-3-8-16(14)20(13)23-21(25)15-9-10-18-17(11-15)22-19(24)12-26-18/h2-3,6,8-11,13,20H,4-5,7,12H2,1H3,(H,22,24)(H,23,25)/t13-,20-/m0/s1. The topological polar surface area (TPSA) is 67.4 Å². The maximum atomic E-state index is 12.9. The van der Waals surface area contributed by atoms with Crippen molar-refractivity contribution in [2.24, 2.45) is 5.92 Å². The molecule has 1 aliphatic carbocycles. The smallest absolute Gasteiger partial charge is 0.262 e. The third-order valence-electron chi connectivity index (χ3n) is 5.23. The molecule has 4 rings (SSSR count). The number of rotatable bonds is 2. The number of aryl methyl sites for hydroxylation is 1. The van der Waals surface area contributed by atoms with Gasteiger partial charge in [-0.15, -0.1) is 0 Å². The molecule has 0 saturated heterocycles. The van der Waals surface area contributed by atoms with Crippen molar-refractivity contribution in [3.63, 3.8) is 0 Å². The Kier molecular flexibility index (Phi) is 4.37. The van der Waals surface area contributed by atoms with Gasteiger partial charge in [0, 0.05) is 5.56 Å². The zero-order valence-corrected chi connectivity index (χ0v) is 14.7. The number of hydrogen-bond donors (Lipinski definition) is 2. The normalized spacial score (nSPS) is 21.5. The fourth-order valence-electron chi connectivity index (χ4n) is 3.82. The van der Waals surface area contributed by atoms with Crippen LogP contribution < -0.4 is 15.4 Å². The molecule has 0 bridgehead atoms. The van der Waals surface area contributed by atoms with Crippen molar-refractivity contribution in [3.8, 4) is 5.75 Å². The number of nitrogens with one attached hydrogen (secondary N) is 2. The van der Waals surface area contributed by atoms with Gasteiger partial charge in [-0.3, -0.25) is 9.59 Å². The van der Waals surface area contributed by atoms with Crippen LogP contribution >= 0.6 is 0 Å². The molecule has 5 nitrogen and oxygen atoms in total. The first-order valence-corrected chi connectivity index (χ1v) is 9.07. The van der Waals surface area contributed by atoms with Crippen LogP contribution in [0.2, 0.25) is 0 Å². The zero-order valence-electron chi connectivity index (χ0n) is 14.7. The highest BCUT2D eigenvalue weighted by Gasteiger charge is 2.27. The van der Waals surface area contributed by atoms with Crippen molar-refractivity contribution in [2.45, 2.75) is 32.2 Å². The molecule has 0 saturated carbocycles. The van der Waals surface area contributed by atoms with Crippen LogP contribution in [0.4, 0.5) is 5.69 Å². The molecule has 134 valence electrons. The third kappa shape index (κ3) is 3.17. The van der Waals surface area contributed by atoms with E-state index in [-0.39, 0.29) is 24.5 Å². The number of fused-ring (bicyclic) bond motifs is 2. The number of carbonyl (C=O) groups is 2. The van der Waals surface area contributed by atoms with Crippen LogP contribution in [-0.4, -0.2) is 18.4 Å². The third-order valence-corrected chi connectivity index (χ3v) is 5.23. The number of amides is 2. The molecule has 5 heteroatoms. The average molecular weight is 350 g/mol. The molecular weight excluding hydrogens is 328 g/mol. The number of anilines is 1. The van der Waals surface area contributed by atoms with Crippen molar-refractivity contribution in [1.82, 2.24) is 5.32 Å². The summed E-state index contributed by atoms with van der Waals surface area (Å²) in [7, 11) is 0. The van der Waals surface area contributed by atoms with E-state index in [0.717, 1.165) is 19.3 Å². The van der Waals surface area contributed by atoms with Crippen molar-refractivity contribution < 1.29 is 14.3 Å². The number of carbonyl (C=O) groups excluding carboxylic acids is 2. The van der Waals surface area contributed by atoms with Gasteiger partial charge in [0.2, 0.25) is 0 Å². The largest absolute Gasteiger partial charge is 0.482 e. The number of ether oxygens (including phenoxy) is 1. The lowest BCUT2D eigenvalue weighted by molar-refractivity contribution is -0.118. The van der Waals surface area contributed by atoms with E-state index >= 15 is 0 Å². The minimum atomic E-state index is -0.207. The van der Waals surface area contributed by atoms with Crippen molar-refractivity contribution in [1.29, 1.82) is 0 Å². The molecule has 2 aromatic carbocycles. The van der Waals surface area contributed by atoms with E-state index in [1.165, 1.54) is 11.1 Å². The first-order chi connectivity index (χ1) is 12.6. The molecule has 2 aliphatic rings. The minimum Gasteiger partial charge on any atom is -0.482 e. The second kappa shape index (κ2) is 6.83. The highest BCUT2D eigenvalue weighted by Crippen LogP contribution is 2.34. The molecule has 0 spiro atoms. The summed E-state index contributed by atoms with van der Waals surface area (Å²) in [6.45, 7) is 2.20. The average Bonchev–Trinajstić information content (AvgIpc) is 2.80. The van der Waals surface area contributed by atoms with E-state index in [1.54, 1.807) is 18.2 Å². The van der Waals surface area contributed by atoms with Gasteiger partial charge in [-0.2, -0.15) is 0 Å². The summed E-state index contributed by atoms with van der Waals surface area (Å²) in [6, 6.07) is 13.5. The predicted octanol–water partition coefficient (Wildman–Crippen LogP) is 3.46. The van der Waals surface area contributed by atoms with Gasteiger partial charge in [-0.05, 0) is 54.5 Å². The van der Waals surface area contributed by atoms with Gasteiger partial charge in [-0.1, -0.05) is 31.2 Å². The molecule has 0 fully saturated rings. The molecular formula is C21H22N2O3. The summed E-state index contributed by atoms with van der Waals surface area (Å²) < 4.78 is 5.36. The van der Waals surface area contributed by atoms with Crippen LogP contribution in [0.5, 0.6) is 5.75 Å². The molecule has 0 unspecified atom stereocenters. The highest BCUT2D eigenvalue weighted by molar-refractivity contribution is 6.00. The van der Waals surface area contributed by atoms with Gasteiger partial charge in [0.25, 0.3) is 11.8 Å². The molecule has 1 heterocycles. The summed E-state index contributed by atoms with van der Waals surface area (Å²) in [5.74, 6) is 0.611. The van der Waals surface area contributed by atoms with E-state index < -0.39 is 0 Å². The Morgan fingerprint density at radius 2 is 2.08 bits per heavy atom. The second-order valence-electron chi connectivity index (χ2n) is 7.07. The molecule has 26 heavy (non-hydrogen) atoms. The van der Waals surface area contributed by atoms with Crippen molar-refractivity contribution in [3.05, 3.63) is 59.2 Å². The second-order valence-corrected chi connectivity index (χ2v) is 7.07. The van der Waals surface area contributed by atoms with E-state index in [0.29, 0.717) is 22.9 Å². The summed E-state index contributed by atoms with van der Waals surface area (Å²) >= 11 is 0. The Hall–Kier alpha value is -2.82. The Morgan fingerprint density at radius 3 is 2.96 bits per heavy atom. The first kappa shape index (κ1) is 16.6. The fourth-order valence-corrected chi connectivity index (χ4v) is 3.82. The lowest BCUT2D eigenvalue weighted by Gasteiger charge is -2.25. The fraction of sp³-hybridized carbons (Fsp3) is 0.333. The summed E-state index contributed by atoms with van der Waals surface area (Å²) in [5, 5.41) is 5.96. The van der Waals surface area contributed by atoms with Crippen LogP contribution in [0.3, 0.4) is 0 Å². The quantitative estimate of drug-likeness (QED) is 0.815. The molecule has 2 aromatic rings. The summed E-state index contributed by atoms with van der Waals surface area (Å²) in [5.41, 5.74) is 3.58. The highest BCUT2D eigenvalue weighted by atomic mass is 16.5. The number of hydrogen-bond acceptors (Lipinski definition) is 3. The molecule has 1 aliphatic heterocycles. The van der Waals surface area contributed by atoms with Crippen LogP contribution in [0.15, 0.2) is 42.5 Å². The SMILES string of the molecule is C[C@H]1CCCc2ccccc2[C@H]1NC(=O)c1ccc2c(c1)NC(=O)CO2. The van der Waals surface area contributed by atoms with E-state index in [1.807, 2.05) is 6.07 Å². The van der Waals surface area contributed by atoms with Gasteiger partial charge in [0.1, 0.15) is 5.75 Å². The zero-order chi connectivity index (χ0) is 18.1.